The van der Waals surface area contributed by atoms with Crippen molar-refractivity contribution in [3.8, 4) is 0 Å². The van der Waals surface area contributed by atoms with E-state index in [1.807, 2.05) is 60.7 Å². The van der Waals surface area contributed by atoms with E-state index >= 15 is 0 Å². The van der Waals surface area contributed by atoms with Crippen molar-refractivity contribution >= 4 is 46.6 Å². The molecular weight excluding hydrogens is 496 g/mol. The Kier molecular flexibility index (Phi) is 6.79. The number of hydrogen-bond acceptors (Lipinski definition) is 5. The summed E-state index contributed by atoms with van der Waals surface area (Å²) < 4.78 is 0. The van der Waals surface area contributed by atoms with Crippen LogP contribution in [0.3, 0.4) is 0 Å². The number of benzene rings is 3. The van der Waals surface area contributed by atoms with Gasteiger partial charge in [-0.15, -0.1) is 11.8 Å². The number of halogens is 1. The standard InChI is InChI=1S/C27H21ClN4O3S/c28-21-11-4-5-12-22(21)36-25-26(34)31-32(27(25)35)24(17-7-2-1-3-8-17)18-9-6-10-19(15-18)30-20-13-14-29-23(33)16-20/h1-16,24-25H,(H,31,34)(H2,29,30,33). The summed E-state index contributed by atoms with van der Waals surface area (Å²) in [6.45, 7) is 0. The molecule has 7 nitrogen and oxygen atoms in total. The molecule has 0 bridgehead atoms. The molecule has 36 heavy (non-hydrogen) atoms. The zero-order valence-electron chi connectivity index (χ0n) is 18.9. The van der Waals surface area contributed by atoms with Gasteiger partial charge in [0.15, 0.2) is 5.25 Å². The van der Waals surface area contributed by atoms with Crippen molar-refractivity contribution < 1.29 is 9.59 Å². The van der Waals surface area contributed by atoms with E-state index in [2.05, 4.69) is 15.7 Å². The highest BCUT2D eigenvalue weighted by Gasteiger charge is 2.44. The molecule has 2 unspecified atom stereocenters. The second kappa shape index (κ2) is 10.3. The number of hydrazine groups is 1. The van der Waals surface area contributed by atoms with E-state index in [0.29, 0.717) is 15.6 Å². The molecule has 2 atom stereocenters. The number of amides is 2. The van der Waals surface area contributed by atoms with Crippen molar-refractivity contribution in [1.29, 1.82) is 0 Å². The van der Waals surface area contributed by atoms with Crippen LogP contribution in [0.1, 0.15) is 17.2 Å². The fourth-order valence-electron chi connectivity index (χ4n) is 4.04. The number of H-pyrrole nitrogens is 1. The Morgan fingerprint density at radius 3 is 2.33 bits per heavy atom. The van der Waals surface area contributed by atoms with E-state index in [0.717, 1.165) is 28.6 Å². The largest absolute Gasteiger partial charge is 0.355 e. The van der Waals surface area contributed by atoms with Gasteiger partial charge in [-0.3, -0.25) is 19.8 Å². The van der Waals surface area contributed by atoms with Crippen molar-refractivity contribution in [1.82, 2.24) is 15.4 Å². The van der Waals surface area contributed by atoms with Crippen molar-refractivity contribution in [2.45, 2.75) is 16.2 Å². The number of nitrogens with zero attached hydrogens (tertiary/aromatic N) is 1. The van der Waals surface area contributed by atoms with Gasteiger partial charge in [0.05, 0.1) is 5.02 Å². The van der Waals surface area contributed by atoms with Gasteiger partial charge in [-0.25, -0.2) is 5.01 Å². The number of pyridine rings is 1. The summed E-state index contributed by atoms with van der Waals surface area (Å²) in [6, 6.07) is 26.8. The molecule has 9 heteroatoms. The zero-order valence-corrected chi connectivity index (χ0v) is 20.4. The first-order valence-corrected chi connectivity index (χ1v) is 12.4. The van der Waals surface area contributed by atoms with Gasteiger partial charge in [0.1, 0.15) is 6.04 Å². The second-order valence-corrected chi connectivity index (χ2v) is 9.67. The number of aromatic amines is 1. The molecule has 0 aliphatic carbocycles. The maximum absolute atomic E-state index is 13.6. The summed E-state index contributed by atoms with van der Waals surface area (Å²) in [5.74, 6) is -0.754. The van der Waals surface area contributed by atoms with Crippen LogP contribution in [-0.4, -0.2) is 27.1 Å². The molecule has 1 saturated heterocycles. The predicted octanol–water partition coefficient (Wildman–Crippen LogP) is 4.90. The van der Waals surface area contributed by atoms with Crippen molar-refractivity contribution in [2.75, 3.05) is 5.32 Å². The quantitative estimate of drug-likeness (QED) is 0.304. The Morgan fingerprint density at radius 2 is 1.56 bits per heavy atom. The lowest BCUT2D eigenvalue weighted by Crippen LogP contribution is -2.40. The predicted molar refractivity (Wildman–Crippen MR) is 141 cm³/mol. The van der Waals surface area contributed by atoms with Gasteiger partial charge < -0.3 is 10.3 Å². The van der Waals surface area contributed by atoms with Crippen LogP contribution in [0.15, 0.2) is 107 Å². The Balaban J connectivity index is 1.48. The van der Waals surface area contributed by atoms with Crippen LogP contribution in [0.25, 0.3) is 0 Å². The summed E-state index contributed by atoms with van der Waals surface area (Å²) in [5, 5.41) is 4.13. The number of aromatic nitrogens is 1. The van der Waals surface area contributed by atoms with Gasteiger partial charge >= 0.3 is 0 Å². The van der Waals surface area contributed by atoms with Crippen molar-refractivity contribution in [2.24, 2.45) is 0 Å². The Bertz CT molecular complexity index is 1480. The number of nitrogens with one attached hydrogen (secondary N) is 3. The number of anilines is 2. The maximum atomic E-state index is 13.6. The number of carbonyl (C=O) groups is 2. The normalized spacial score (nSPS) is 16.0. The molecule has 1 aliphatic rings. The first-order chi connectivity index (χ1) is 17.5. The fraction of sp³-hybridized carbons (Fsp3) is 0.0741. The van der Waals surface area contributed by atoms with Crippen LogP contribution in [0.2, 0.25) is 5.02 Å². The van der Waals surface area contributed by atoms with Gasteiger partial charge in [-0.2, -0.15) is 0 Å². The molecule has 180 valence electrons. The van der Waals surface area contributed by atoms with Gasteiger partial charge in [0.25, 0.3) is 11.8 Å². The highest BCUT2D eigenvalue weighted by atomic mass is 35.5. The van der Waals surface area contributed by atoms with E-state index in [1.54, 1.807) is 30.5 Å². The zero-order chi connectivity index (χ0) is 25.1. The molecule has 3 aromatic carbocycles. The molecule has 3 N–H and O–H groups in total. The molecule has 0 radical (unpaired) electrons. The number of hydrogen-bond donors (Lipinski definition) is 3. The topological polar surface area (TPSA) is 94.3 Å². The minimum absolute atomic E-state index is 0.217. The van der Waals surface area contributed by atoms with Crippen LogP contribution in [-0.2, 0) is 9.59 Å². The third-order valence-corrected chi connectivity index (χ3v) is 7.35. The number of carbonyl (C=O) groups excluding carboxylic acids is 2. The molecule has 0 spiro atoms. The van der Waals surface area contributed by atoms with Gasteiger partial charge in [0.2, 0.25) is 5.56 Å². The van der Waals surface area contributed by atoms with E-state index in [9.17, 15) is 14.4 Å². The van der Waals surface area contributed by atoms with Crippen LogP contribution < -0.4 is 16.3 Å². The summed E-state index contributed by atoms with van der Waals surface area (Å²) >= 11 is 7.41. The molecule has 4 aromatic rings. The molecule has 5 rings (SSSR count). The second-order valence-electron chi connectivity index (χ2n) is 8.12. The minimum atomic E-state index is -0.964. The first-order valence-electron chi connectivity index (χ1n) is 11.1. The van der Waals surface area contributed by atoms with Crippen LogP contribution >= 0.6 is 23.4 Å². The Morgan fingerprint density at radius 1 is 0.833 bits per heavy atom. The number of rotatable bonds is 7. The van der Waals surface area contributed by atoms with Gasteiger partial charge in [0, 0.05) is 28.5 Å². The lowest BCUT2D eigenvalue weighted by atomic mass is 9.97. The average molecular weight is 517 g/mol. The maximum Gasteiger partial charge on any atom is 0.265 e. The lowest BCUT2D eigenvalue weighted by molar-refractivity contribution is -0.131. The van der Waals surface area contributed by atoms with Crippen LogP contribution in [0.4, 0.5) is 11.4 Å². The molecule has 1 aromatic heterocycles. The highest BCUT2D eigenvalue weighted by Crippen LogP contribution is 2.37. The molecule has 1 fully saturated rings. The molecule has 1 aliphatic heterocycles. The average Bonchev–Trinajstić information content (AvgIpc) is 3.14. The summed E-state index contributed by atoms with van der Waals surface area (Å²) in [6.07, 6.45) is 1.57. The van der Waals surface area contributed by atoms with E-state index in [1.165, 1.54) is 11.1 Å². The van der Waals surface area contributed by atoms with Gasteiger partial charge in [-0.1, -0.05) is 66.2 Å². The van der Waals surface area contributed by atoms with Gasteiger partial charge in [-0.05, 0) is 41.5 Å². The van der Waals surface area contributed by atoms with Crippen LogP contribution in [0.5, 0.6) is 0 Å². The molecule has 0 saturated carbocycles. The molecule has 2 amide bonds. The SMILES string of the molecule is O=C1NN(C(c2ccccc2)c2cccc(Nc3cc[nH]c(=O)c3)c2)C(=O)C1Sc1ccccc1Cl. The fourth-order valence-corrected chi connectivity index (χ4v) is 5.27. The first kappa shape index (κ1) is 23.7. The summed E-state index contributed by atoms with van der Waals surface area (Å²) in [4.78, 5) is 41.4. The molecular formula is C27H21ClN4O3S. The Labute approximate surface area is 216 Å². The number of thioether (sulfide) groups is 1. The smallest absolute Gasteiger partial charge is 0.265 e. The third-order valence-electron chi connectivity index (χ3n) is 5.65. The third kappa shape index (κ3) is 5.00. The van der Waals surface area contributed by atoms with E-state index in [-0.39, 0.29) is 11.5 Å². The van der Waals surface area contributed by atoms with Crippen molar-refractivity contribution in [3.05, 3.63) is 124 Å². The lowest BCUT2D eigenvalue weighted by Gasteiger charge is -2.28. The van der Waals surface area contributed by atoms with E-state index < -0.39 is 17.2 Å². The summed E-state index contributed by atoms with van der Waals surface area (Å²) in [7, 11) is 0. The Hall–Kier alpha value is -4.01. The minimum Gasteiger partial charge on any atom is -0.355 e. The molecule has 2 heterocycles. The van der Waals surface area contributed by atoms with Crippen molar-refractivity contribution in [3.63, 3.8) is 0 Å². The summed E-state index contributed by atoms with van der Waals surface area (Å²) in [5.41, 5.74) is 5.55. The highest BCUT2D eigenvalue weighted by molar-refractivity contribution is 8.01. The van der Waals surface area contributed by atoms with E-state index in [4.69, 9.17) is 11.6 Å². The monoisotopic (exact) mass is 516 g/mol. The van der Waals surface area contributed by atoms with Crippen LogP contribution in [0, 0.1) is 0 Å².